The first-order valence-corrected chi connectivity index (χ1v) is 8.49. The van der Waals surface area contributed by atoms with E-state index in [0.29, 0.717) is 5.13 Å². The maximum atomic E-state index is 12.5. The van der Waals surface area contributed by atoms with Crippen molar-refractivity contribution in [3.63, 3.8) is 0 Å². The Hall–Kier alpha value is -2.68. The molecule has 2 aromatic heterocycles. The summed E-state index contributed by atoms with van der Waals surface area (Å²) in [5.74, 6) is -0.494. The van der Waals surface area contributed by atoms with E-state index in [9.17, 15) is 18.0 Å². The molecule has 1 amide bonds. The first-order valence-electron chi connectivity index (χ1n) is 7.67. The number of nitrogens with zero attached hydrogens (tertiary/aromatic N) is 3. The monoisotopic (exact) mass is 380 g/mol. The fourth-order valence-electron chi connectivity index (χ4n) is 2.34. The number of alkyl halides is 3. The molecule has 3 aromatic rings. The molecule has 0 bridgehead atoms. The second-order valence-electron chi connectivity index (χ2n) is 5.73. The highest BCUT2D eigenvalue weighted by molar-refractivity contribution is 7.16. The highest BCUT2D eigenvalue weighted by Gasteiger charge is 2.33. The van der Waals surface area contributed by atoms with Crippen LogP contribution in [0.1, 0.15) is 16.1 Å². The van der Waals surface area contributed by atoms with Crippen molar-refractivity contribution in [1.82, 2.24) is 14.8 Å². The molecule has 26 heavy (non-hydrogen) atoms. The smallest absolute Gasteiger partial charge is 0.300 e. The number of carbonyl (C=O) groups is 1. The molecule has 2 heterocycles. The topological polar surface area (TPSA) is 59.8 Å². The molecule has 3 rings (SSSR count). The summed E-state index contributed by atoms with van der Waals surface area (Å²) >= 11 is 1.31. The van der Waals surface area contributed by atoms with Gasteiger partial charge < -0.3 is 5.32 Å². The van der Waals surface area contributed by atoms with E-state index in [1.807, 2.05) is 38.1 Å². The molecule has 0 aliphatic carbocycles. The van der Waals surface area contributed by atoms with Gasteiger partial charge in [-0.05, 0) is 19.9 Å². The number of rotatable bonds is 4. The van der Waals surface area contributed by atoms with E-state index >= 15 is 0 Å². The third-order valence-corrected chi connectivity index (χ3v) is 4.49. The van der Waals surface area contributed by atoms with Crippen molar-refractivity contribution < 1.29 is 18.0 Å². The van der Waals surface area contributed by atoms with Crippen molar-refractivity contribution in [2.75, 3.05) is 5.32 Å². The number of nitrogens with one attached hydrogen (secondary N) is 1. The van der Waals surface area contributed by atoms with E-state index in [4.69, 9.17) is 0 Å². The minimum absolute atomic E-state index is 0.325. The van der Waals surface area contributed by atoms with Crippen LogP contribution in [0.25, 0.3) is 11.3 Å². The Morgan fingerprint density at radius 1 is 1.19 bits per heavy atom. The minimum atomic E-state index is -4.53. The molecule has 136 valence electrons. The number of aromatic nitrogens is 3. The van der Waals surface area contributed by atoms with Crippen LogP contribution in [0.4, 0.5) is 18.3 Å². The van der Waals surface area contributed by atoms with Gasteiger partial charge in [-0.15, -0.1) is 11.3 Å². The second-order valence-corrected chi connectivity index (χ2v) is 6.94. The van der Waals surface area contributed by atoms with E-state index in [0.717, 1.165) is 38.6 Å². The van der Waals surface area contributed by atoms with E-state index < -0.39 is 17.8 Å². The van der Waals surface area contributed by atoms with Crippen LogP contribution >= 0.6 is 11.3 Å². The Morgan fingerprint density at radius 3 is 2.50 bits per heavy atom. The Kier molecular flexibility index (Phi) is 4.82. The summed E-state index contributed by atoms with van der Waals surface area (Å²) in [4.78, 5) is 17.4. The molecule has 0 saturated carbocycles. The molecule has 5 nitrogen and oxygen atoms in total. The second kappa shape index (κ2) is 6.91. The summed E-state index contributed by atoms with van der Waals surface area (Å²) in [5.41, 5.74) is 1.81. The van der Waals surface area contributed by atoms with Crippen LogP contribution in [0.5, 0.6) is 0 Å². The molecule has 9 heteroatoms. The predicted octanol–water partition coefficient (Wildman–Crippen LogP) is 4.28. The van der Waals surface area contributed by atoms with Gasteiger partial charge in [-0.25, -0.2) is 4.98 Å². The Labute approximate surface area is 151 Å². The van der Waals surface area contributed by atoms with Gasteiger partial charge in [-0.3, -0.25) is 9.48 Å². The number of benzene rings is 1. The molecule has 0 unspecified atom stereocenters. The van der Waals surface area contributed by atoms with Gasteiger partial charge in [0.1, 0.15) is 6.54 Å². The highest BCUT2D eigenvalue weighted by atomic mass is 32.1. The lowest BCUT2D eigenvalue weighted by Crippen LogP contribution is -2.19. The highest BCUT2D eigenvalue weighted by Crippen LogP contribution is 2.30. The normalized spacial score (nSPS) is 11.6. The summed E-state index contributed by atoms with van der Waals surface area (Å²) in [6.07, 6.45) is -3.41. The van der Waals surface area contributed by atoms with Gasteiger partial charge in [-0.2, -0.15) is 18.3 Å². The fraction of sp³-hybridized carbons (Fsp3) is 0.235. The molecular formula is C17H15F3N4OS. The number of hydrogen-bond acceptors (Lipinski definition) is 4. The first-order chi connectivity index (χ1) is 12.2. The molecule has 0 saturated heterocycles. The number of carbonyl (C=O) groups excluding carboxylic acids is 1. The van der Waals surface area contributed by atoms with Crippen LogP contribution in [-0.2, 0) is 17.5 Å². The van der Waals surface area contributed by atoms with Gasteiger partial charge in [0.05, 0.1) is 5.69 Å². The molecule has 0 aliphatic rings. The lowest BCUT2D eigenvalue weighted by Gasteiger charge is -2.03. The summed E-state index contributed by atoms with van der Waals surface area (Å²) in [5, 5.41) is 6.36. The molecule has 0 aliphatic heterocycles. The van der Waals surface area contributed by atoms with Crippen molar-refractivity contribution in [3.05, 3.63) is 52.7 Å². The summed E-state index contributed by atoms with van der Waals surface area (Å²) in [6, 6.07) is 8.68. The zero-order valence-corrected chi connectivity index (χ0v) is 14.8. The molecule has 0 fully saturated rings. The van der Waals surface area contributed by atoms with E-state index in [-0.39, 0.29) is 6.54 Å². The van der Waals surface area contributed by atoms with Gasteiger partial charge in [0, 0.05) is 16.6 Å². The number of halogens is 3. The SMILES string of the molecule is Cc1ccc(-c2nc(NC(=O)Cn3ccc(C(F)(F)F)n3)sc2C)cc1. The van der Waals surface area contributed by atoms with Gasteiger partial charge in [-0.1, -0.05) is 29.8 Å². The lowest BCUT2D eigenvalue weighted by atomic mass is 10.1. The van der Waals surface area contributed by atoms with E-state index in [1.165, 1.54) is 11.3 Å². The molecule has 0 atom stereocenters. The van der Waals surface area contributed by atoms with Crippen LogP contribution in [0.15, 0.2) is 36.5 Å². The van der Waals surface area contributed by atoms with E-state index in [2.05, 4.69) is 15.4 Å². The maximum absolute atomic E-state index is 12.5. The maximum Gasteiger partial charge on any atom is 0.435 e. The molecule has 1 aromatic carbocycles. The number of thiazole rings is 1. The van der Waals surface area contributed by atoms with Crippen LogP contribution in [-0.4, -0.2) is 20.7 Å². The average Bonchev–Trinajstić information content (AvgIpc) is 3.15. The van der Waals surface area contributed by atoms with Crippen molar-refractivity contribution in [3.8, 4) is 11.3 Å². The number of amides is 1. The van der Waals surface area contributed by atoms with Crippen LogP contribution in [0.2, 0.25) is 0 Å². The fourth-order valence-corrected chi connectivity index (χ4v) is 3.19. The summed E-state index contributed by atoms with van der Waals surface area (Å²) in [6.45, 7) is 3.56. The molecule has 0 spiro atoms. The Balaban J connectivity index is 1.69. The quantitative estimate of drug-likeness (QED) is 0.735. The number of aryl methyl sites for hydroxylation is 2. The molecule has 1 N–H and O–H groups in total. The summed E-state index contributed by atoms with van der Waals surface area (Å²) in [7, 11) is 0. The standard InChI is InChI=1S/C17H15F3N4OS/c1-10-3-5-12(6-4-10)15-11(2)26-16(22-15)21-14(25)9-24-8-7-13(23-24)17(18,19)20/h3-8H,9H2,1-2H3,(H,21,22,25). The molecular weight excluding hydrogens is 365 g/mol. The van der Waals surface area contributed by atoms with Gasteiger partial charge in [0.15, 0.2) is 10.8 Å². The van der Waals surface area contributed by atoms with Gasteiger partial charge >= 0.3 is 6.18 Å². The largest absolute Gasteiger partial charge is 0.435 e. The van der Waals surface area contributed by atoms with Crippen LogP contribution in [0, 0.1) is 13.8 Å². The lowest BCUT2D eigenvalue weighted by molar-refractivity contribution is -0.141. The average molecular weight is 380 g/mol. The number of anilines is 1. The van der Waals surface area contributed by atoms with Gasteiger partial charge in [0.25, 0.3) is 0 Å². The van der Waals surface area contributed by atoms with Crippen molar-refractivity contribution in [2.45, 2.75) is 26.6 Å². The third kappa shape index (κ3) is 4.10. The predicted molar refractivity (Wildman–Crippen MR) is 92.9 cm³/mol. The molecule has 0 radical (unpaired) electrons. The van der Waals surface area contributed by atoms with Gasteiger partial charge in [0.2, 0.25) is 5.91 Å². The van der Waals surface area contributed by atoms with Crippen LogP contribution < -0.4 is 5.32 Å². The van der Waals surface area contributed by atoms with Crippen molar-refractivity contribution >= 4 is 22.4 Å². The van der Waals surface area contributed by atoms with Crippen molar-refractivity contribution in [2.24, 2.45) is 0 Å². The van der Waals surface area contributed by atoms with E-state index in [1.54, 1.807) is 0 Å². The van der Waals surface area contributed by atoms with Crippen molar-refractivity contribution in [1.29, 1.82) is 0 Å². The first kappa shape index (κ1) is 18.1. The summed E-state index contributed by atoms with van der Waals surface area (Å²) < 4.78 is 38.5. The Bertz CT molecular complexity index is 928. The third-order valence-electron chi connectivity index (χ3n) is 3.60. The zero-order chi connectivity index (χ0) is 18.9. The number of hydrogen-bond donors (Lipinski definition) is 1. The zero-order valence-electron chi connectivity index (χ0n) is 14.0. The Morgan fingerprint density at radius 2 is 1.88 bits per heavy atom. The minimum Gasteiger partial charge on any atom is -0.300 e. The van der Waals surface area contributed by atoms with Crippen LogP contribution in [0.3, 0.4) is 0 Å².